The molecule has 2 N–H and O–H groups in total. The highest BCUT2D eigenvalue weighted by molar-refractivity contribution is 7.08. The lowest BCUT2D eigenvalue weighted by Crippen LogP contribution is -2.34. The first kappa shape index (κ1) is 14.5. The standard InChI is InChI=1S/C16H14N2O3S/c19-7-6-18-15(20)9-14(16(18)21)17-13-3-1-11(2-4-13)12-5-8-22-10-12/h1-5,8-10,17,19H,6-7H2. The highest BCUT2D eigenvalue weighted by atomic mass is 32.1. The summed E-state index contributed by atoms with van der Waals surface area (Å²) in [5, 5.41) is 15.9. The van der Waals surface area contributed by atoms with E-state index >= 15 is 0 Å². The summed E-state index contributed by atoms with van der Waals surface area (Å²) in [5.74, 6) is -0.822. The number of carbonyl (C=O) groups is 2. The largest absolute Gasteiger partial charge is 0.395 e. The van der Waals surface area contributed by atoms with E-state index in [4.69, 9.17) is 5.11 Å². The van der Waals surface area contributed by atoms with Crippen LogP contribution in [-0.4, -0.2) is 35.0 Å². The molecule has 5 nitrogen and oxygen atoms in total. The quantitative estimate of drug-likeness (QED) is 0.829. The van der Waals surface area contributed by atoms with E-state index in [9.17, 15) is 9.59 Å². The minimum Gasteiger partial charge on any atom is -0.395 e. The lowest BCUT2D eigenvalue weighted by molar-refractivity contribution is -0.137. The number of nitrogens with one attached hydrogen (secondary N) is 1. The van der Waals surface area contributed by atoms with Crippen LogP contribution in [0.5, 0.6) is 0 Å². The van der Waals surface area contributed by atoms with Crippen LogP contribution in [0.4, 0.5) is 5.69 Å². The Kier molecular flexibility index (Phi) is 4.04. The minimum absolute atomic E-state index is 0.0104. The molecule has 1 aliphatic rings. The van der Waals surface area contributed by atoms with E-state index < -0.39 is 11.8 Å². The van der Waals surface area contributed by atoms with Crippen LogP contribution in [0.25, 0.3) is 11.1 Å². The summed E-state index contributed by atoms with van der Waals surface area (Å²) in [6.45, 7) is -0.232. The van der Waals surface area contributed by atoms with Gasteiger partial charge in [0.25, 0.3) is 11.8 Å². The molecule has 1 aromatic heterocycles. The number of nitrogens with zero attached hydrogens (tertiary/aromatic N) is 1. The molecule has 0 unspecified atom stereocenters. The Morgan fingerprint density at radius 3 is 2.50 bits per heavy atom. The van der Waals surface area contributed by atoms with Crippen LogP contribution >= 0.6 is 11.3 Å². The number of imide groups is 1. The van der Waals surface area contributed by atoms with Crippen LogP contribution in [-0.2, 0) is 9.59 Å². The molecule has 1 aromatic carbocycles. The molecule has 0 atom stereocenters. The molecule has 22 heavy (non-hydrogen) atoms. The zero-order valence-electron chi connectivity index (χ0n) is 11.7. The maximum absolute atomic E-state index is 12.0. The number of aliphatic hydroxyl groups excluding tert-OH is 1. The Bertz CT molecular complexity index is 720. The van der Waals surface area contributed by atoms with Crippen molar-refractivity contribution in [2.45, 2.75) is 0 Å². The van der Waals surface area contributed by atoms with E-state index in [1.807, 2.05) is 35.7 Å². The van der Waals surface area contributed by atoms with Crippen LogP contribution in [0.3, 0.4) is 0 Å². The lowest BCUT2D eigenvalue weighted by Gasteiger charge is -2.13. The van der Waals surface area contributed by atoms with Gasteiger partial charge < -0.3 is 10.4 Å². The second-order valence-electron chi connectivity index (χ2n) is 4.79. The number of hydrogen-bond acceptors (Lipinski definition) is 5. The summed E-state index contributed by atoms with van der Waals surface area (Å²) in [5.41, 5.74) is 3.20. The molecule has 3 rings (SSSR count). The maximum Gasteiger partial charge on any atom is 0.277 e. The highest BCUT2D eigenvalue weighted by Gasteiger charge is 2.30. The molecule has 2 aromatic rings. The first-order chi connectivity index (χ1) is 10.7. The monoisotopic (exact) mass is 314 g/mol. The van der Waals surface area contributed by atoms with Crippen LogP contribution in [0.2, 0.25) is 0 Å². The molecule has 0 fully saturated rings. The van der Waals surface area contributed by atoms with Gasteiger partial charge in [-0.3, -0.25) is 14.5 Å². The Labute approximate surface area is 131 Å². The highest BCUT2D eigenvalue weighted by Crippen LogP contribution is 2.24. The van der Waals surface area contributed by atoms with Crippen molar-refractivity contribution in [1.82, 2.24) is 4.90 Å². The van der Waals surface area contributed by atoms with Crippen molar-refractivity contribution in [3.63, 3.8) is 0 Å². The molecule has 112 valence electrons. The van der Waals surface area contributed by atoms with Gasteiger partial charge in [-0.25, -0.2) is 0 Å². The normalized spacial score (nSPS) is 14.4. The van der Waals surface area contributed by atoms with Gasteiger partial charge in [-0.05, 0) is 40.1 Å². The van der Waals surface area contributed by atoms with Crippen molar-refractivity contribution >= 4 is 28.8 Å². The van der Waals surface area contributed by atoms with Gasteiger partial charge in [0.1, 0.15) is 5.70 Å². The average Bonchev–Trinajstić information content (AvgIpc) is 3.13. The van der Waals surface area contributed by atoms with E-state index in [2.05, 4.69) is 10.7 Å². The van der Waals surface area contributed by atoms with E-state index in [-0.39, 0.29) is 18.8 Å². The van der Waals surface area contributed by atoms with Crippen LogP contribution in [0.1, 0.15) is 0 Å². The number of thiophene rings is 1. The van der Waals surface area contributed by atoms with Crippen molar-refractivity contribution < 1.29 is 14.7 Å². The molecular weight excluding hydrogens is 300 g/mol. The maximum atomic E-state index is 12.0. The predicted octanol–water partition coefficient (Wildman–Crippen LogP) is 2.07. The van der Waals surface area contributed by atoms with E-state index in [1.54, 1.807) is 11.3 Å². The Balaban J connectivity index is 1.73. The Hall–Kier alpha value is -2.44. The third-order valence-corrected chi connectivity index (χ3v) is 4.03. The molecule has 0 bridgehead atoms. The van der Waals surface area contributed by atoms with Gasteiger partial charge in [0.2, 0.25) is 0 Å². The number of carbonyl (C=O) groups excluding carboxylic acids is 2. The summed E-state index contributed by atoms with van der Waals surface area (Å²) >= 11 is 1.64. The second-order valence-corrected chi connectivity index (χ2v) is 5.57. The van der Waals surface area contributed by atoms with E-state index in [0.717, 1.165) is 21.7 Å². The molecule has 0 aliphatic carbocycles. The molecule has 2 amide bonds. The second kappa shape index (κ2) is 6.13. The number of benzene rings is 1. The lowest BCUT2D eigenvalue weighted by atomic mass is 10.1. The molecule has 0 spiro atoms. The average molecular weight is 314 g/mol. The summed E-state index contributed by atoms with van der Waals surface area (Å²) in [6, 6.07) is 9.68. The van der Waals surface area contributed by atoms with Gasteiger partial charge in [0.05, 0.1) is 13.2 Å². The first-order valence-electron chi connectivity index (χ1n) is 6.77. The minimum atomic E-state index is -0.416. The zero-order valence-corrected chi connectivity index (χ0v) is 12.5. The summed E-state index contributed by atoms with van der Waals surface area (Å²) in [7, 11) is 0. The molecule has 2 heterocycles. The summed E-state index contributed by atoms with van der Waals surface area (Å²) in [6.07, 6.45) is 1.25. The SMILES string of the molecule is O=C1C=C(Nc2ccc(-c3ccsc3)cc2)C(=O)N1CCO. The number of rotatable bonds is 5. The third-order valence-electron chi connectivity index (χ3n) is 3.35. The Morgan fingerprint density at radius 1 is 1.09 bits per heavy atom. The molecule has 0 saturated heterocycles. The molecule has 6 heteroatoms. The van der Waals surface area contributed by atoms with E-state index in [1.165, 1.54) is 6.08 Å². The van der Waals surface area contributed by atoms with Crippen molar-refractivity contribution in [3.05, 3.63) is 52.9 Å². The molecule has 1 aliphatic heterocycles. The summed E-state index contributed by atoms with van der Waals surface area (Å²) in [4.78, 5) is 24.7. The van der Waals surface area contributed by atoms with Crippen molar-refractivity contribution in [3.8, 4) is 11.1 Å². The van der Waals surface area contributed by atoms with Gasteiger partial charge in [0, 0.05) is 11.8 Å². The van der Waals surface area contributed by atoms with Gasteiger partial charge in [-0.1, -0.05) is 12.1 Å². The van der Waals surface area contributed by atoms with Crippen LogP contribution in [0, 0.1) is 0 Å². The fraction of sp³-hybridized carbons (Fsp3) is 0.125. The van der Waals surface area contributed by atoms with E-state index in [0.29, 0.717) is 0 Å². The van der Waals surface area contributed by atoms with Gasteiger partial charge in [-0.2, -0.15) is 11.3 Å². The zero-order chi connectivity index (χ0) is 15.5. The number of anilines is 1. The Morgan fingerprint density at radius 2 is 1.86 bits per heavy atom. The number of β-amino-alcohol motifs (C(OH)–C–C–N with tert-alkyl or cyclic N) is 1. The fourth-order valence-corrected chi connectivity index (χ4v) is 2.91. The van der Waals surface area contributed by atoms with Gasteiger partial charge in [0.15, 0.2) is 0 Å². The molecular formula is C16H14N2O3S. The van der Waals surface area contributed by atoms with Gasteiger partial charge in [-0.15, -0.1) is 0 Å². The molecule has 0 radical (unpaired) electrons. The third kappa shape index (κ3) is 2.79. The smallest absolute Gasteiger partial charge is 0.277 e. The first-order valence-corrected chi connectivity index (χ1v) is 7.71. The number of amides is 2. The molecule has 0 saturated carbocycles. The van der Waals surface area contributed by atoms with Crippen molar-refractivity contribution in [2.24, 2.45) is 0 Å². The summed E-state index contributed by atoms with van der Waals surface area (Å²) < 4.78 is 0. The van der Waals surface area contributed by atoms with Crippen LogP contribution in [0.15, 0.2) is 52.9 Å². The van der Waals surface area contributed by atoms with Crippen LogP contribution < -0.4 is 5.32 Å². The fourth-order valence-electron chi connectivity index (χ4n) is 2.24. The van der Waals surface area contributed by atoms with Crippen molar-refractivity contribution in [2.75, 3.05) is 18.5 Å². The number of hydrogen-bond donors (Lipinski definition) is 2. The van der Waals surface area contributed by atoms with Crippen molar-refractivity contribution in [1.29, 1.82) is 0 Å². The predicted molar refractivity (Wildman–Crippen MR) is 85.3 cm³/mol. The number of aliphatic hydroxyl groups is 1. The topological polar surface area (TPSA) is 69.6 Å². The van der Waals surface area contributed by atoms with Gasteiger partial charge >= 0.3 is 0 Å².